The Morgan fingerprint density at radius 2 is 1.57 bits per heavy atom. The average molecular weight is 632 g/mol. The van der Waals surface area contributed by atoms with Crippen LogP contribution in [0.3, 0.4) is 0 Å². The van der Waals surface area contributed by atoms with E-state index in [9.17, 15) is 19.2 Å². The summed E-state index contributed by atoms with van der Waals surface area (Å²) in [5.74, 6) is -0.533. The lowest BCUT2D eigenvalue weighted by molar-refractivity contribution is -0.142. The van der Waals surface area contributed by atoms with Gasteiger partial charge >= 0.3 is 11.7 Å². The predicted molar refractivity (Wildman–Crippen MR) is 172 cm³/mol. The van der Waals surface area contributed by atoms with E-state index in [4.69, 9.17) is 11.5 Å². The molecule has 0 aliphatic carbocycles. The van der Waals surface area contributed by atoms with Crippen LogP contribution in [0.2, 0.25) is 0 Å². The quantitative estimate of drug-likeness (QED) is 0.336. The fourth-order valence-electron chi connectivity index (χ4n) is 5.24. The number of nitrogens with two attached hydrogens (primary N) is 2. The molecule has 1 unspecified atom stereocenters. The topological polar surface area (TPSA) is 172 Å². The molecule has 3 heterocycles. The fourth-order valence-corrected chi connectivity index (χ4v) is 5.24. The van der Waals surface area contributed by atoms with Gasteiger partial charge in [0.05, 0.1) is 11.7 Å². The SMILES string of the molecule is CC(C)C(N)C(=O)NC(C)(C)C(=O)N1CCN(C(=O)Nc2ccn(-c3ccc(CN4CCC(N)CC4)cc3)c(=O)n2)CC1.Cl. The van der Waals surface area contributed by atoms with E-state index in [1.807, 2.05) is 38.1 Å². The molecule has 0 bridgehead atoms. The van der Waals surface area contributed by atoms with E-state index in [1.165, 1.54) is 4.57 Å². The van der Waals surface area contributed by atoms with Crippen molar-refractivity contribution >= 4 is 36.1 Å². The van der Waals surface area contributed by atoms with Crippen molar-refractivity contribution < 1.29 is 14.4 Å². The van der Waals surface area contributed by atoms with Crippen LogP contribution >= 0.6 is 12.4 Å². The smallest absolute Gasteiger partial charge is 0.341 e. The van der Waals surface area contributed by atoms with E-state index in [0.29, 0.717) is 37.9 Å². The summed E-state index contributed by atoms with van der Waals surface area (Å²) in [4.78, 5) is 60.8. The van der Waals surface area contributed by atoms with Gasteiger partial charge in [-0.1, -0.05) is 26.0 Å². The Morgan fingerprint density at radius 1 is 0.977 bits per heavy atom. The number of hydrogen-bond acceptors (Lipinski definition) is 8. The molecule has 2 aliphatic rings. The lowest BCUT2D eigenvalue weighted by Crippen LogP contribution is -2.62. The zero-order valence-corrected chi connectivity index (χ0v) is 26.8. The number of nitrogens with one attached hydrogen (secondary N) is 2. The molecule has 6 N–H and O–H groups in total. The number of amides is 4. The molecular weight excluding hydrogens is 586 g/mol. The van der Waals surface area contributed by atoms with Crippen molar-refractivity contribution in [2.24, 2.45) is 17.4 Å². The van der Waals surface area contributed by atoms with Crippen LogP contribution in [0.4, 0.5) is 10.6 Å². The zero-order chi connectivity index (χ0) is 31.3. The molecule has 242 valence electrons. The maximum absolute atomic E-state index is 13.1. The van der Waals surface area contributed by atoms with Gasteiger partial charge in [-0.3, -0.25) is 24.4 Å². The molecule has 1 aromatic heterocycles. The van der Waals surface area contributed by atoms with Gasteiger partial charge in [-0.25, -0.2) is 9.59 Å². The Labute approximate surface area is 264 Å². The summed E-state index contributed by atoms with van der Waals surface area (Å²) in [6.07, 6.45) is 3.60. The van der Waals surface area contributed by atoms with Gasteiger partial charge in [0.15, 0.2) is 0 Å². The Balaban J connectivity index is 0.00000529. The predicted octanol–water partition coefficient (Wildman–Crippen LogP) is 1.13. The molecule has 2 aromatic rings. The van der Waals surface area contributed by atoms with Gasteiger partial charge in [0.25, 0.3) is 0 Å². The minimum absolute atomic E-state index is 0. The van der Waals surface area contributed by atoms with Crippen LogP contribution < -0.4 is 27.8 Å². The van der Waals surface area contributed by atoms with Gasteiger partial charge in [-0.15, -0.1) is 12.4 Å². The number of hydrogen-bond donors (Lipinski definition) is 4. The first-order valence-corrected chi connectivity index (χ1v) is 14.9. The van der Waals surface area contributed by atoms with Crippen molar-refractivity contribution in [2.75, 3.05) is 44.6 Å². The second-order valence-corrected chi connectivity index (χ2v) is 12.3. The first-order chi connectivity index (χ1) is 20.3. The highest BCUT2D eigenvalue weighted by molar-refractivity contribution is 5.93. The number of nitrogens with zero attached hydrogens (tertiary/aromatic N) is 5. The number of piperazine rings is 1. The molecule has 44 heavy (non-hydrogen) atoms. The van der Waals surface area contributed by atoms with Gasteiger partial charge in [-0.2, -0.15) is 4.98 Å². The number of rotatable bonds is 8. The molecule has 2 aliphatic heterocycles. The molecule has 1 aromatic carbocycles. The number of aromatic nitrogens is 2. The number of anilines is 1. The van der Waals surface area contributed by atoms with Crippen molar-refractivity contribution in [2.45, 2.75) is 64.7 Å². The first kappa shape index (κ1) is 35.0. The molecule has 0 radical (unpaired) electrons. The third-order valence-corrected chi connectivity index (χ3v) is 8.14. The molecule has 4 amide bonds. The standard InChI is InChI=1S/C30H45N9O4.ClH/c1-20(2)25(32)26(40)35-30(3,4)27(41)37-15-17-38(18-16-37)28(42)33-24-11-14-39(29(43)34-24)23-7-5-21(6-8-23)19-36-12-9-22(31)10-13-36;/h5-8,11,14,20,22,25H,9-10,12-13,15-19,31-32H2,1-4H3,(H,35,40)(H,33,34,42,43);1H. The molecule has 0 saturated carbocycles. The summed E-state index contributed by atoms with van der Waals surface area (Å²) in [5.41, 5.74) is 12.1. The van der Waals surface area contributed by atoms with Gasteiger partial charge in [0, 0.05) is 45.0 Å². The van der Waals surface area contributed by atoms with Gasteiger partial charge < -0.3 is 26.6 Å². The Kier molecular flexibility index (Phi) is 11.9. The van der Waals surface area contributed by atoms with Crippen molar-refractivity contribution in [1.29, 1.82) is 0 Å². The van der Waals surface area contributed by atoms with E-state index < -0.39 is 23.3 Å². The maximum Gasteiger partial charge on any atom is 0.354 e. The molecule has 4 rings (SSSR count). The number of urea groups is 1. The number of carbonyl (C=O) groups excluding carboxylic acids is 3. The minimum Gasteiger partial charge on any atom is -0.341 e. The van der Waals surface area contributed by atoms with E-state index in [-0.39, 0.29) is 36.0 Å². The van der Waals surface area contributed by atoms with Crippen molar-refractivity contribution in [3.63, 3.8) is 0 Å². The minimum atomic E-state index is -1.13. The van der Waals surface area contributed by atoms with Crippen molar-refractivity contribution in [1.82, 2.24) is 29.6 Å². The number of likely N-dealkylation sites (tertiary alicyclic amines) is 1. The molecule has 0 spiro atoms. The number of carbonyl (C=O) groups is 3. The maximum atomic E-state index is 13.1. The van der Waals surface area contributed by atoms with Crippen LogP contribution in [0.1, 0.15) is 46.1 Å². The molecule has 1 atom stereocenters. The lowest BCUT2D eigenvalue weighted by Gasteiger charge is -2.39. The summed E-state index contributed by atoms with van der Waals surface area (Å²) >= 11 is 0. The Bertz CT molecular complexity index is 1350. The summed E-state index contributed by atoms with van der Waals surface area (Å²) in [6, 6.07) is 8.54. The largest absolute Gasteiger partial charge is 0.354 e. The van der Waals surface area contributed by atoms with Crippen LogP contribution in [0.15, 0.2) is 41.3 Å². The number of piperidine rings is 1. The zero-order valence-electron chi connectivity index (χ0n) is 26.0. The number of benzene rings is 1. The summed E-state index contributed by atoms with van der Waals surface area (Å²) in [7, 11) is 0. The highest BCUT2D eigenvalue weighted by Gasteiger charge is 2.37. The lowest BCUT2D eigenvalue weighted by atomic mass is 9.99. The molecular formula is C30H46ClN9O4. The highest BCUT2D eigenvalue weighted by atomic mass is 35.5. The van der Waals surface area contributed by atoms with Crippen LogP contribution in [-0.4, -0.2) is 99.0 Å². The molecule has 2 fully saturated rings. The van der Waals surface area contributed by atoms with Gasteiger partial charge in [-0.05, 0) is 69.5 Å². The number of halogens is 1. The average Bonchev–Trinajstić information content (AvgIpc) is 2.98. The van der Waals surface area contributed by atoms with Gasteiger partial charge in [0.2, 0.25) is 11.8 Å². The fraction of sp³-hybridized carbons (Fsp3) is 0.567. The Morgan fingerprint density at radius 3 is 2.14 bits per heavy atom. The van der Waals surface area contributed by atoms with Crippen LogP contribution in [0.5, 0.6) is 0 Å². The van der Waals surface area contributed by atoms with E-state index in [1.54, 1.807) is 35.9 Å². The molecule has 14 heteroatoms. The third kappa shape index (κ3) is 8.78. The Hall–Kier alpha value is -3.52. The van der Waals surface area contributed by atoms with Crippen LogP contribution in [0, 0.1) is 5.92 Å². The van der Waals surface area contributed by atoms with Crippen LogP contribution in [-0.2, 0) is 16.1 Å². The monoisotopic (exact) mass is 631 g/mol. The van der Waals surface area contributed by atoms with E-state index in [0.717, 1.165) is 38.0 Å². The second-order valence-electron chi connectivity index (χ2n) is 12.3. The first-order valence-electron chi connectivity index (χ1n) is 14.9. The van der Waals surface area contributed by atoms with Crippen molar-refractivity contribution in [3.05, 3.63) is 52.6 Å². The van der Waals surface area contributed by atoms with Crippen LogP contribution in [0.25, 0.3) is 5.69 Å². The summed E-state index contributed by atoms with van der Waals surface area (Å²) in [6.45, 7) is 11.0. The second kappa shape index (κ2) is 15.0. The highest BCUT2D eigenvalue weighted by Crippen LogP contribution is 2.16. The normalized spacial score (nSPS) is 17.2. The van der Waals surface area contributed by atoms with Crippen molar-refractivity contribution in [3.8, 4) is 5.69 Å². The van der Waals surface area contributed by atoms with Gasteiger partial charge in [0.1, 0.15) is 11.4 Å². The third-order valence-electron chi connectivity index (χ3n) is 8.14. The summed E-state index contributed by atoms with van der Waals surface area (Å²) in [5, 5.41) is 5.44. The molecule has 2 saturated heterocycles. The summed E-state index contributed by atoms with van der Waals surface area (Å²) < 4.78 is 1.43. The van der Waals surface area contributed by atoms with E-state index in [2.05, 4.69) is 20.5 Å². The molecule has 13 nitrogen and oxygen atoms in total. The van der Waals surface area contributed by atoms with E-state index >= 15 is 0 Å².